The highest BCUT2D eigenvalue weighted by Gasteiger charge is 2.15. The molecule has 1 N–H and O–H groups in total. The predicted molar refractivity (Wildman–Crippen MR) is 84.2 cm³/mol. The number of amides is 1. The highest BCUT2D eigenvalue weighted by atomic mass is 16.5. The van der Waals surface area contributed by atoms with Crippen LogP contribution in [-0.4, -0.2) is 42.2 Å². The molecule has 0 aliphatic carbocycles. The maximum absolute atomic E-state index is 12.3. The molecule has 0 bridgehead atoms. The van der Waals surface area contributed by atoms with Crippen LogP contribution in [-0.2, 0) is 4.74 Å². The lowest BCUT2D eigenvalue weighted by Crippen LogP contribution is -2.37. The van der Waals surface area contributed by atoms with Gasteiger partial charge in [-0.25, -0.2) is 9.97 Å². The Balaban J connectivity index is 1.75. The average molecular weight is 298 g/mol. The second kappa shape index (κ2) is 6.53. The SMILES string of the molecule is Cc1cccc(NC(=O)c2cc(N3CCOCC3)ncn2)c1. The van der Waals surface area contributed by atoms with Crippen LogP contribution in [0.4, 0.5) is 11.5 Å². The molecule has 1 amide bonds. The number of benzene rings is 1. The number of aryl methyl sites for hydroxylation is 1. The van der Waals surface area contributed by atoms with Gasteiger partial charge in [-0.2, -0.15) is 0 Å². The van der Waals surface area contributed by atoms with Crippen LogP contribution in [0.25, 0.3) is 0 Å². The van der Waals surface area contributed by atoms with Crippen molar-refractivity contribution in [3.05, 3.63) is 47.9 Å². The summed E-state index contributed by atoms with van der Waals surface area (Å²) in [6, 6.07) is 9.38. The van der Waals surface area contributed by atoms with Gasteiger partial charge in [0.25, 0.3) is 5.91 Å². The van der Waals surface area contributed by atoms with E-state index in [-0.39, 0.29) is 5.91 Å². The Labute approximate surface area is 129 Å². The van der Waals surface area contributed by atoms with Crippen LogP contribution in [0.15, 0.2) is 36.7 Å². The van der Waals surface area contributed by atoms with Crippen molar-refractivity contribution in [2.24, 2.45) is 0 Å². The second-order valence-electron chi connectivity index (χ2n) is 5.18. The zero-order valence-electron chi connectivity index (χ0n) is 12.5. The molecule has 1 aromatic heterocycles. The van der Waals surface area contributed by atoms with Crippen LogP contribution in [0.2, 0.25) is 0 Å². The number of hydrogen-bond acceptors (Lipinski definition) is 5. The number of ether oxygens (including phenoxy) is 1. The number of aromatic nitrogens is 2. The third-order valence-electron chi connectivity index (χ3n) is 3.50. The molecule has 1 aromatic carbocycles. The molecule has 1 aliphatic heterocycles. The molecule has 114 valence electrons. The highest BCUT2D eigenvalue weighted by Crippen LogP contribution is 2.15. The molecular formula is C16H18N4O2. The Morgan fingerprint density at radius 3 is 2.82 bits per heavy atom. The quantitative estimate of drug-likeness (QED) is 0.937. The van der Waals surface area contributed by atoms with Gasteiger partial charge in [0.2, 0.25) is 0 Å². The summed E-state index contributed by atoms with van der Waals surface area (Å²) in [4.78, 5) is 22.7. The van der Waals surface area contributed by atoms with Gasteiger partial charge in [0.05, 0.1) is 13.2 Å². The fraction of sp³-hybridized carbons (Fsp3) is 0.312. The average Bonchev–Trinajstić information content (AvgIpc) is 2.56. The number of rotatable bonds is 3. The van der Waals surface area contributed by atoms with E-state index in [0.29, 0.717) is 18.9 Å². The molecular weight excluding hydrogens is 280 g/mol. The topological polar surface area (TPSA) is 67.4 Å². The minimum Gasteiger partial charge on any atom is -0.378 e. The third-order valence-corrected chi connectivity index (χ3v) is 3.50. The van der Waals surface area contributed by atoms with Crippen LogP contribution in [0.1, 0.15) is 16.1 Å². The van der Waals surface area contributed by atoms with Crippen LogP contribution in [0.5, 0.6) is 0 Å². The van der Waals surface area contributed by atoms with Crippen molar-refractivity contribution in [3.8, 4) is 0 Å². The van der Waals surface area contributed by atoms with Gasteiger partial charge in [-0.15, -0.1) is 0 Å². The molecule has 0 atom stereocenters. The largest absolute Gasteiger partial charge is 0.378 e. The predicted octanol–water partition coefficient (Wildman–Crippen LogP) is 1.87. The summed E-state index contributed by atoms with van der Waals surface area (Å²) in [6.07, 6.45) is 1.43. The van der Waals surface area contributed by atoms with Crippen LogP contribution in [0.3, 0.4) is 0 Å². The van der Waals surface area contributed by atoms with Crippen molar-refractivity contribution in [2.75, 3.05) is 36.5 Å². The molecule has 1 aliphatic rings. The van der Waals surface area contributed by atoms with Crippen molar-refractivity contribution in [3.63, 3.8) is 0 Å². The first kappa shape index (κ1) is 14.5. The monoisotopic (exact) mass is 298 g/mol. The van der Waals surface area contributed by atoms with Gasteiger partial charge in [0, 0.05) is 24.8 Å². The number of hydrogen-bond donors (Lipinski definition) is 1. The molecule has 22 heavy (non-hydrogen) atoms. The number of nitrogens with one attached hydrogen (secondary N) is 1. The smallest absolute Gasteiger partial charge is 0.274 e. The summed E-state index contributed by atoms with van der Waals surface area (Å²) in [5.74, 6) is 0.523. The van der Waals surface area contributed by atoms with Crippen molar-refractivity contribution in [2.45, 2.75) is 6.92 Å². The molecule has 6 heteroatoms. The van der Waals surface area contributed by atoms with Crippen molar-refractivity contribution in [1.82, 2.24) is 9.97 Å². The van der Waals surface area contributed by atoms with Gasteiger partial charge in [0.15, 0.2) is 0 Å². The zero-order chi connectivity index (χ0) is 15.4. The van der Waals surface area contributed by atoms with Crippen LogP contribution in [0, 0.1) is 6.92 Å². The van der Waals surface area contributed by atoms with E-state index >= 15 is 0 Å². The maximum Gasteiger partial charge on any atom is 0.274 e. The molecule has 0 spiro atoms. The van der Waals surface area contributed by atoms with E-state index < -0.39 is 0 Å². The summed E-state index contributed by atoms with van der Waals surface area (Å²) < 4.78 is 5.32. The maximum atomic E-state index is 12.3. The fourth-order valence-electron chi connectivity index (χ4n) is 2.35. The Kier molecular flexibility index (Phi) is 4.29. The first-order valence-electron chi connectivity index (χ1n) is 7.25. The molecule has 3 rings (SSSR count). The van der Waals surface area contributed by atoms with E-state index in [4.69, 9.17) is 4.74 Å². The van der Waals surface area contributed by atoms with Crippen molar-refractivity contribution >= 4 is 17.4 Å². The number of morpholine rings is 1. The number of carbonyl (C=O) groups excluding carboxylic acids is 1. The normalized spacial score (nSPS) is 14.7. The Morgan fingerprint density at radius 1 is 1.23 bits per heavy atom. The summed E-state index contributed by atoms with van der Waals surface area (Å²) in [5.41, 5.74) is 2.21. The Morgan fingerprint density at radius 2 is 2.05 bits per heavy atom. The summed E-state index contributed by atoms with van der Waals surface area (Å²) in [5, 5.41) is 2.86. The lowest BCUT2D eigenvalue weighted by atomic mass is 10.2. The van der Waals surface area contributed by atoms with E-state index in [9.17, 15) is 4.79 Å². The van der Waals surface area contributed by atoms with Crippen molar-refractivity contribution in [1.29, 1.82) is 0 Å². The summed E-state index contributed by atoms with van der Waals surface area (Å²) in [7, 11) is 0. The van der Waals surface area contributed by atoms with Crippen molar-refractivity contribution < 1.29 is 9.53 Å². The van der Waals surface area contributed by atoms with E-state index in [1.165, 1.54) is 6.33 Å². The first-order chi connectivity index (χ1) is 10.7. The summed E-state index contributed by atoms with van der Waals surface area (Å²) >= 11 is 0. The molecule has 0 saturated carbocycles. The Hall–Kier alpha value is -2.47. The van der Waals surface area contributed by atoms with Gasteiger partial charge < -0.3 is 15.0 Å². The van der Waals surface area contributed by atoms with Crippen LogP contribution >= 0.6 is 0 Å². The molecule has 1 fully saturated rings. The van der Waals surface area contributed by atoms with E-state index in [0.717, 1.165) is 30.2 Å². The first-order valence-corrected chi connectivity index (χ1v) is 7.25. The van der Waals surface area contributed by atoms with Gasteiger partial charge in [-0.05, 0) is 24.6 Å². The van der Waals surface area contributed by atoms with Gasteiger partial charge in [-0.3, -0.25) is 4.79 Å². The van der Waals surface area contributed by atoms with E-state index in [2.05, 4.69) is 20.2 Å². The standard InChI is InChI=1S/C16H18N4O2/c1-12-3-2-4-13(9-12)19-16(21)14-10-15(18-11-17-14)20-5-7-22-8-6-20/h2-4,9-11H,5-8H2,1H3,(H,19,21). The lowest BCUT2D eigenvalue weighted by molar-refractivity contribution is 0.102. The minimum atomic E-state index is -0.234. The number of nitrogens with zero attached hydrogens (tertiary/aromatic N) is 3. The van der Waals surface area contributed by atoms with Gasteiger partial charge >= 0.3 is 0 Å². The Bertz CT molecular complexity index is 669. The fourth-order valence-corrected chi connectivity index (χ4v) is 2.35. The van der Waals surface area contributed by atoms with Crippen LogP contribution < -0.4 is 10.2 Å². The van der Waals surface area contributed by atoms with E-state index in [1.54, 1.807) is 6.07 Å². The summed E-state index contributed by atoms with van der Waals surface area (Å²) in [6.45, 7) is 4.88. The molecule has 6 nitrogen and oxygen atoms in total. The molecule has 0 radical (unpaired) electrons. The van der Waals surface area contributed by atoms with Gasteiger partial charge in [0.1, 0.15) is 17.8 Å². The second-order valence-corrected chi connectivity index (χ2v) is 5.18. The zero-order valence-corrected chi connectivity index (χ0v) is 12.5. The third kappa shape index (κ3) is 3.40. The molecule has 2 heterocycles. The lowest BCUT2D eigenvalue weighted by Gasteiger charge is -2.27. The van der Waals surface area contributed by atoms with Gasteiger partial charge in [-0.1, -0.05) is 12.1 Å². The molecule has 0 unspecified atom stereocenters. The number of carbonyl (C=O) groups is 1. The minimum absolute atomic E-state index is 0.234. The molecule has 2 aromatic rings. The highest BCUT2D eigenvalue weighted by molar-refractivity contribution is 6.03. The molecule has 1 saturated heterocycles. The number of anilines is 2. The van der Waals surface area contributed by atoms with E-state index in [1.807, 2.05) is 31.2 Å².